The minimum absolute atomic E-state index is 0.173. The van der Waals surface area contributed by atoms with Gasteiger partial charge in [0.15, 0.2) is 0 Å². The lowest BCUT2D eigenvalue weighted by Gasteiger charge is -2.13. The van der Waals surface area contributed by atoms with Crippen molar-refractivity contribution in [3.8, 4) is 0 Å². The standard InChI is InChI=1S/C23H31N5O2/c1-24-23(29)20-8-10-26-21(15-25-14-19-9-12-28(2)16-19)22(20)27-11-13-30-17-18-6-4-3-5-7-18/h3-8,10-11,19,25H,9,12-17H2,1-2H3,(H,24,29)/b27-11+. The van der Waals surface area contributed by atoms with Gasteiger partial charge in [0.1, 0.15) is 0 Å². The fraction of sp³-hybridized carbons (Fsp3) is 0.435. The molecule has 1 unspecified atom stereocenters. The first-order valence-electron chi connectivity index (χ1n) is 10.4. The van der Waals surface area contributed by atoms with Crippen LogP contribution < -0.4 is 10.6 Å². The lowest BCUT2D eigenvalue weighted by Crippen LogP contribution is -2.25. The number of pyridine rings is 1. The Kier molecular flexibility index (Phi) is 8.50. The van der Waals surface area contributed by atoms with E-state index in [1.807, 2.05) is 30.3 Å². The average molecular weight is 410 g/mol. The molecule has 7 nitrogen and oxygen atoms in total. The summed E-state index contributed by atoms with van der Waals surface area (Å²) in [5.41, 5.74) is 2.99. The van der Waals surface area contributed by atoms with Gasteiger partial charge in [-0.25, -0.2) is 0 Å². The maximum Gasteiger partial charge on any atom is 0.253 e. The van der Waals surface area contributed by atoms with E-state index in [4.69, 9.17) is 4.74 Å². The van der Waals surface area contributed by atoms with Crippen molar-refractivity contribution < 1.29 is 9.53 Å². The number of rotatable bonds is 10. The first-order chi connectivity index (χ1) is 14.7. The van der Waals surface area contributed by atoms with E-state index in [1.54, 1.807) is 25.5 Å². The zero-order valence-corrected chi connectivity index (χ0v) is 17.8. The predicted molar refractivity (Wildman–Crippen MR) is 119 cm³/mol. The smallest absolute Gasteiger partial charge is 0.253 e. The fourth-order valence-corrected chi connectivity index (χ4v) is 3.61. The van der Waals surface area contributed by atoms with Crippen LogP contribution in [0.25, 0.3) is 0 Å². The largest absolute Gasteiger partial charge is 0.371 e. The van der Waals surface area contributed by atoms with Crippen molar-refractivity contribution in [2.75, 3.05) is 40.3 Å². The highest BCUT2D eigenvalue weighted by Crippen LogP contribution is 2.23. The number of likely N-dealkylation sites (tertiary alicyclic amines) is 1. The van der Waals surface area contributed by atoms with Crippen LogP contribution in [0.4, 0.5) is 5.69 Å². The Morgan fingerprint density at radius 2 is 2.17 bits per heavy atom. The first kappa shape index (κ1) is 22.1. The summed E-state index contributed by atoms with van der Waals surface area (Å²) in [4.78, 5) is 23.7. The summed E-state index contributed by atoms with van der Waals surface area (Å²) >= 11 is 0. The van der Waals surface area contributed by atoms with Gasteiger partial charge in [-0.1, -0.05) is 30.3 Å². The Morgan fingerprint density at radius 3 is 2.90 bits per heavy atom. The molecule has 1 amide bonds. The molecule has 0 bridgehead atoms. The minimum atomic E-state index is -0.173. The van der Waals surface area contributed by atoms with Gasteiger partial charge in [-0.2, -0.15) is 0 Å². The van der Waals surface area contributed by atoms with Crippen LogP contribution in [-0.2, 0) is 17.9 Å². The zero-order chi connectivity index (χ0) is 21.2. The number of benzene rings is 1. The number of hydrogen-bond donors (Lipinski definition) is 2. The minimum Gasteiger partial charge on any atom is -0.371 e. The normalized spacial score (nSPS) is 16.9. The highest BCUT2D eigenvalue weighted by Gasteiger charge is 2.19. The van der Waals surface area contributed by atoms with E-state index in [9.17, 15) is 4.79 Å². The van der Waals surface area contributed by atoms with E-state index in [0.717, 1.165) is 30.9 Å². The molecule has 3 rings (SSSR count). The Balaban J connectivity index is 1.61. The maximum atomic E-state index is 12.3. The van der Waals surface area contributed by atoms with Crippen LogP contribution in [-0.4, -0.2) is 62.3 Å². The van der Waals surface area contributed by atoms with Crippen molar-refractivity contribution in [3.05, 3.63) is 59.4 Å². The third kappa shape index (κ3) is 6.45. The van der Waals surface area contributed by atoms with Crippen LogP contribution in [0.15, 0.2) is 47.6 Å². The topological polar surface area (TPSA) is 78.9 Å². The molecule has 0 spiro atoms. The Labute approximate surface area is 178 Å². The van der Waals surface area contributed by atoms with E-state index in [-0.39, 0.29) is 5.91 Å². The molecule has 2 heterocycles. The number of carbonyl (C=O) groups excluding carboxylic acids is 1. The number of nitrogens with one attached hydrogen (secondary N) is 2. The van der Waals surface area contributed by atoms with E-state index < -0.39 is 0 Å². The van der Waals surface area contributed by atoms with Crippen LogP contribution in [0.1, 0.15) is 28.0 Å². The molecular weight excluding hydrogens is 378 g/mol. The monoisotopic (exact) mass is 409 g/mol. The fourth-order valence-electron chi connectivity index (χ4n) is 3.61. The van der Waals surface area contributed by atoms with Gasteiger partial charge in [0.25, 0.3) is 5.91 Å². The quantitative estimate of drug-likeness (QED) is 0.465. The Hall–Kier alpha value is -2.61. The van der Waals surface area contributed by atoms with Gasteiger partial charge in [0, 0.05) is 32.5 Å². The third-order valence-corrected chi connectivity index (χ3v) is 5.21. The number of aromatic nitrogens is 1. The molecule has 1 aliphatic heterocycles. The summed E-state index contributed by atoms with van der Waals surface area (Å²) in [6.45, 7) is 4.64. The van der Waals surface area contributed by atoms with Gasteiger partial charge >= 0.3 is 0 Å². The zero-order valence-electron chi connectivity index (χ0n) is 17.8. The molecule has 2 aromatic rings. The van der Waals surface area contributed by atoms with Crippen LogP contribution in [0.2, 0.25) is 0 Å². The van der Waals surface area contributed by atoms with E-state index in [2.05, 4.69) is 32.6 Å². The Morgan fingerprint density at radius 1 is 1.33 bits per heavy atom. The van der Waals surface area contributed by atoms with E-state index >= 15 is 0 Å². The maximum absolute atomic E-state index is 12.3. The molecule has 1 atom stereocenters. The summed E-state index contributed by atoms with van der Waals surface area (Å²) in [5.74, 6) is 0.476. The number of ether oxygens (including phenoxy) is 1. The van der Waals surface area contributed by atoms with Gasteiger partial charge in [-0.05, 0) is 44.1 Å². The molecule has 1 aromatic heterocycles. The molecule has 0 aliphatic carbocycles. The molecule has 160 valence electrons. The summed E-state index contributed by atoms with van der Waals surface area (Å²) < 4.78 is 5.68. The second-order valence-corrected chi connectivity index (χ2v) is 7.59. The Bertz CT molecular complexity index is 841. The summed E-state index contributed by atoms with van der Waals surface area (Å²) in [7, 11) is 3.77. The third-order valence-electron chi connectivity index (χ3n) is 5.21. The second-order valence-electron chi connectivity index (χ2n) is 7.59. The molecule has 1 aromatic carbocycles. The van der Waals surface area contributed by atoms with Crippen molar-refractivity contribution in [2.24, 2.45) is 10.9 Å². The van der Waals surface area contributed by atoms with Gasteiger partial charge in [0.05, 0.1) is 30.2 Å². The van der Waals surface area contributed by atoms with Crippen LogP contribution in [0.5, 0.6) is 0 Å². The second kappa shape index (κ2) is 11.5. The van der Waals surface area contributed by atoms with Gasteiger partial charge in [0.2, 0.25) is 0 Å². The van der Waals surface area contributed by atoms with Gasteiger partial charge in [-0.15, -0.1) is 0 Å². The van der Waals surface area contributed by atoms with Crippen molar-refractivity contribution in [3.63, 3.8) is 0 Å². The number of amides is 1. The molecular formula is C23H31N5O2. The average Bonchev–Trinajstić information content (AvgIpc) is 3.19. The molecule has 30 heavy (non-hydrogen) atoms. The van der Waals surface area contributed by atoms with E-state index in [0.29, 0.717) is 36.9 Å². The van der Waals surface area contributed by atoms with Crippen molar-refractivity contribution in [2.45, 2.75) is 19.6 Å². The molecule has 7 heteroatoms. The van der Waals surface area contributed by atoms with Gasteiger partial charge < -0.3 is 20.3 Å². The molecule has 1 aliphatic rings. The number of aliphatic imine (C=N–C) groups is 1. The molecule has 2 N–H and O–H groups in total. The lowest BCUT2D eigenvalue weighted by molar-refractivity contribution is 0.0963. The van der Waals surface area contributed by atoms with Crippen LogP contribution >= 0.6 is 0 Å². The molecule has 1 fully saturated rings. The van der Waals surface area contributed by atoms with Crippen molar-refractivity contribution in [1.29, 1.82) is 0 Å². The van der Waals surface area contributed by atoms with Crippen LogP contribution in [0.3, 0.4) is 0 Å². The first-order valence-corrected chi connectivity index (χ1v) is 10.4. The highest BCUT2D eigenvalue weighted by atomic mass is 16.5. The SMILES string of the molecule is CNC(=O)c1ccnc(CNCC2CCN(C)C2)c1/N=C/COCc1ccccc1. The molecule has 0 saturated carbocycles. The number of hydrogen-bond acceptors (Lipinski definition) is 6. The molecule has 1 saturated heterocycles. The van der Waals surface area contributed by atoms with Crippen molar-refractivity contribution in [1.82, 2.24) is 20.5 Å². The van der Waals surface area contributed by atoms with Crippen LogP contribution in [0, 0.1) is 5.92 Å². The van der Waals surface area contributed by atoms with E-state index in [1.165, 1.54) is 6.42 Å². The van der Waals surface area contributed by atoms with Crippen molar-refractivity contribution >= 4 is 17.8 Å². The summed E-state index contributed by atoms with van der Waals surface area (Å²) in [5, 5.41) is 6.17. The van der Waals surface area contributed by atoms with Gasteiger partial charge in [-0.3, -0.25) is 14.8 Å². The lowest BCUT2D eigenvalue weighted by atomic mass is 10.1. The summed E-state index contributed by atoms with van der Waals surface area (Å²) in [6, 6.07) is 11.7. The predicted octanol–water partition coefficient (Wildman–Crippen LogP) is 2.40. The molecule has 0 radical (unpaired) electrons. The highest BCUT2D eigenvalue weighted by molar-refractivity contribution is 5.99. The number of nitrogens with zero attached hydrogens (tertiary/aromatic N) is 3. The summed E-state index contributed by atoms with van der Waals surface area (Å²) in [6.07, 6.45) is 4.57. The number of carbonyl (C=O) groups is 1.